The van der Waals surface area contributed by atoms with E-state index in [1.807, 2.05) is 47.8 Å². The van der Waals surface area contributed by atoms with Crippen molar-refractivity contribution in [2.45, 2.75) is 18.4 Å². The van der Waals surface area contributed by atoms with E-state index in [1.165, 1.54) is 11.3 Å². The van der Waals surface area contributed by atoms with Crippen molar-refractivity contribution in [2.24, 2.45) is 0 Å². The van der Waals surface area contributed by atoms with Crippen LogP contribution in [0.2, 0.25) is 0 Å². The molecule has 2 N–H and O–H groups in total. The Labute approximate surface area is 155 Å². The lowest BCUT2D eigenvalue weighted by Crippen LogP contribution is -2.46. The quantitative estimate of drug-likeness (QED) is 0.721. The number of anilines is 1. The minimum absolute atomic E-state index is 0.183. The first-order valence-electron chi connectivity index (χ1n) is 8.36. The van der Waals surface area contributed by atoms with Crippen molar-refractivity contribution in [1.82, 2.24) is 5.32 Å². The smallest absolute Gasteiger partial charge is 0.262 e. The molecule has 0 aliphatic heterocycles. The molecule has 0 atom stereocenters. The lowest BCUT2D eigenvalue weighted by Gasteiger charge is -2.18. The molecule has 4 rings (SSSR count). The molecule has 0 unspecified atom stereocenters. The second-order valence-electron chi connectivity index (χ2n) is 6.33. The molecule has 1 heterocycles. The first-order valence-corrected chi connectivity index (χ1v) is 9.24. The van der Waals surface area contributed by atoms with E-state index in [9.17, 15) is 9.59 Å². The van der Waals surface area contributed by atoms with Crippen LogP contribution in [0.25, 0.3) is 10.8 Å². The number of carbonyl (C=O) groups is 2. The topological polar surface area (TPSA) is 67.4 Å². The third kappa shape index (κ3) is 2.93. The van der Waals surface area contributed by atoms with Crippen molar-refractivity contribution in [1.29, 1.82) is 0 Å². The van der Waals surface area contributed by atoms with E-state index >= 15 is 0 Å². The molecule has 3 aromatic rings. The third-order valence-electron chi connectivity index (χ3n) is 4.63. The molecule has 1 saturated carbocycles. The van der Waals surface area contributed by atoms with Crippen molar-refractivity contribution in [2.75, 3.05) is 12.4 Å². The number of carbonyl (C=O) groups excluding carboxylic acids is 2. The van der Waals surface area contributed by atoms with E-state index in [0.29, 0.717) is 23.4 Å². The molecule has 1 aliphatic rings. The van der Waals surface area contributed by atoms with Gasteiger partial charge in [0.15, 0.2) is 0 Å². The highest BCUT2D eigenvalue weighted by atomic mass is 32.1. The Kier molecular flexibility index (Phi) is 4.12. The van der Waals surface area contributed by atoms with Crippen LogP contribution in [0.15, 0.2) is 53.9 Å². The van der Waals surface area contributed by atoms with Gasteiger partial charge in [-0.1, -0.05) is 30.3 Å². The molecule has 0 radical (unpaired) electrons. The van der Waals surface area contributed by atoms with E-state index in [2.05, 4.69) is 10.6 Å². The average molecular weight is 366 g/mol. The molecular formula is C20H18N2O3S. The van der Waals surface area contributed by atoms with Gasteiger partial charge in [-0.15, -0.1) is 11.3 Å². The summed E-state index contributed by atoms with van der Waals surface area (Å²) in [6, 6.07) is 15.0. The van der Waals surface area contributed by atoms with Gasteiger partial charge in [0.2, 0.25) is 5.91 Å². The standard InChI is InChI=1S/C20H18N2O3S/c1-25-16-9-8-15(13-5-2-3-6-14(13)16)21-19(24)20(10-11-20)22-18(23)17-7-4-12-26-17/h2-9,12H,10-11H2,1H3,(H,21,24)(H,22,23). The van der Waals surface area contributed by atoms with Crippen LogP contribution in [0.3, 0.4) is 0 Å². The Morgan fingerprint density at radius 2 is 1.81 bits per heavy atom. The molecule has 1 fully saturated rings. The van der Waals surface area contributed by atoms with Crippen molar-refractivity contribution in [3.63, 3.8) is 0 Å². The SMILES string of the molecule is COc1ccc(NC(=O)C2(NC(=O)c3cccs3)CC2)c2ccccc12. The first kappa shape index (κ1) is 16.6. The number of hydrogen-bond donors (Lipinski definition) is 2. The van der Waals surface area contributed by atoms with Crippen LogP contribution >= 0.6 is 11.3 Å². The Morgan fingerprint density at radius 3 is 2.46 bits per heavy atom. The molecule has 2 aromatic carbocycles. The molecule has 0 spiro atoms. The summed E-state index contributed by atoms with van der Waals surface area (Å²) in [4.78, 5) is 25.8. The Hall–Kier alpha value is -2.86. The summed E-state index contributed by atoms with van der Waals surface area (Å²) in [5, 5.41) is 9.56. The van der Waals surface area contributed by atoms with E-state index in [0.717, 1.165) is 16.5 Å². The number of fused-ring (bicyclic) bond motifs is 1. The van der Waals surface area contributed by atoms with Crippen molar-refractivity contribution in [3.05, 3.63) is 58.8 Å². The van der Waals surface area contributed by atoms with Crippen LogP contribution in [-0.2, 0) is 4.79 Å². The van der Waals surface area contributed by atoms with Gasteiger partial charge in [0.25, 0.3) is 5.91 Å². The van der Waals surface area contributed by atoms with Gasteiger partial charge in [-0.05, 0) is 36.4 Å². The number of nitrogens with one attached hydrogen (secondary N) is 2. The highest BCUT2D eigenvalue weighted by molar-refractivity contribution is 7.12. The Bertz CT molecular complexity index is 978. The summed E-state index contributed by atoms with van der Waals surface area (Å²) in [6.07, 6.45) is 1.29. The highest BCUT2D eigenvalue weighted by Gasteiger charge is 2.51. The van der Waals surface area contributed by atoms with E-state index < -0.39 is 5.54 Å². The lowest BCUT2D eigenvalue weighted by atomic mass is 10.1. The summed E-state index contributed by atoms with van der Waals surface area (Å²) in [5.74, 6) is 0.371. The molecule has 26 heavy (non-hydrogen) atoms. The summed E-state index contributed by atoms with van der Waals surface area (Å²) in [5.41, 5.74) is -0.106. The monoisotopic (exact) mass is 366 g/mol. The van der Waals surface area contributed by atoms with Gasteiger partial charge in [0, 0.05) is 16.5 Å². The fourth-order valence-electron chi connectivity index (χ4n) is 3.02. The number of thiophene rings is 1. The predicted molar refractivity (Wildman–Crippen MR) is 103 cm³/mol. The van der Waals surface area contributed by atoms with Crippen molar-refractivity contribution >= 4 is 39.6 Å². The van der Waals surface area contributed by atoms with Crippen LogP contribution in [0.5, 0.6) is 5.75 Å². The number of amides is 2. The third-order valence-corrected chi connectivity index (χ3v) is 5.50. The number of hydrogen-bond acceptors (Lipinski definition) is 4. The van der Waals surface area contributed by atoms with Crippen LogP contribution in [0.4, 0.5) is 5.69 Å². The average Bonchev–Trinajstić information content (AvgIpc) is 3.23. The maximum absolute atomic E-state index is 12.8. The maximum Gasteiger partial charge on any atom is 0.262 e. The van der Waals surface area contributed by atoms with Crippen molar-refractivity contribution < 1.29 is 14.3 Å². The fourth-order valence-corrected chi connectivity index (χ4v) is 3.64. The van der Waals surface area contributed by atoms with Gasteiger partial charge >= 0.3 is 0 Å². The first-order chi connectivity index (χ1) is 12.6. The van der Waals surface area contributed by atoms with Gasteiger partial charge in [-0.3, -0.25) is 9.59 Å². The molecule has 1 aromatic heterocycles. The number of methoxy groups -OCH3 is 1. The van der Waals surface area contributed by atoms with Gasteiger partial charge in [-0.2, -0.15) is 0 Å². The predicted octanol–water partition coefficient (Wildman–Crippen LogP) is 3.81. The number of ether oxygens (including phenoxy) is 1. The number of rotatable bonds is 5. The molecule has 1 aliphatic carbocycles. The van der Waals surface area contributed by atoms with E-state index in [1.54, 1.807) is 13.2 Å². The minimum Gasteiger partial charge on any atom is -0.496 e. The summed E-state index contributed by atoms with van der Waals surface area (Å²) < 4.78 is 5.39. The molecule has 6 heteroatoms. The summed E-state index contributed by atoms with van der Waals surface area (Å²) >= 11 is 1.36. The minimum atomic E-state index is -0.817. The lowest BCUT2D eigenvalue weighted by molar-refractivity contribution is -0.118. The highest BCUT2D eigenvalue weighted by Crippen LogP contribution is 2.38. The van der Waals surface area contributed by atoms with E-state index in [4.69, 9.17) is 4.74 Å². The van der Waals surface area contributed by atoms with E-state index in [-0.39, 0.29) is 11.8 Å². The zero-order chi connectivity index (χ0) is 18.1. The zero-order valence-electron chi connectivity index (χ0n) is 14.2. The largest absolute Gasteiger partial charge is 0.496 e. The van der Waals surface area contributed by atoms with Gasteiger partial charge in [0.1, 0.15) is 11.3 Å². The maximum atomic E-state index is 12.8. The van der Waals surface area contributed by atoms with Gasteiger partial charge in [0.05, 0.1) is 12.0 Å². The zero-order valence-corrected chi connectivity index (χ0v) is 15.1. The van der Waals surface area contributed by atoms with Crippen molar-refractivity contribution in [3.8, 4) is 5.75 Å². The molecular weight excluding hydrogens is 348 g/mol. The van der Waals surface area contributed by atoms with Crippen LogP contribution in [0.1, 0.15) is 22.5 Å². The van der Waals surface area contributed by atoms with Gasteiger partial charge < -0.3 is 15.4 Å². The second-order valence-corrected chi connectivity index (χ2v) is 7.28. The van der Waals surface area contributed by atoms with Crippen LogP contribution in [0, 0.1) is 0 Å². The molecule has 0 bridgehead atoms. The van der Waals surface area contributed by atoms with Gasteiger partial charge in [-0.25, -0.2) is 0 Å². The molecule has 5 nitrogen and oxygen atoms in total. The fraction of sp³-hybridized carbons (Fsp3) is 0.200. The Morgan fingerprint density at radius 1 is 1.04 bits per heavy atom. The molecule has 0 saturated heterocycles. The van der Waals surface area contributed by atoms with Crippen LogP contribution < -0.4 is 15.4 Å². The number of benzene rings is 2. The Balaban J connectivity index is 1.57. The second kappa shape index (κ2) is 6.46. The molecule has 132 valence electrons. The summed E-state index contributed by atoms with van der Waals surface area (Å²) in [6.45, 7) is 0. The van der Waals surface area contributed by atoms with Crippen LogP contribution in [-0.4, -0.2) is 24.5 Å². The summed E-state index contributed by atoms with van der Waals surface area (Å²) in [7, 11) is 1.62. The molecule has 2 amide bonds. The normalized spacial score (nSPS) is 14.7.